The molecule has 0 unspecified atom stereocenters. The summed E-state index contributed by atoms with van der Waals surface area (Å²) in [7, 11) is 0. The molecule has 8 heteroatoms. The summed E-state index contributed by atoms with van der Waals surface area (Å²) >= 11 is 0. The summed E-state index contributed by atoms with van der Waals surface area (Å²) < 4.78 is 18.6. The Labute approximate surface area is 176 Å². The van der Waals surface area contributed by atoms with Gasteiger partial charge in [0.25, 0.3) is 11.6 Å². The lowest BCUT2D eigenvalue weighted by molar-refractivity contribution is -0.384. The van der Waals surface area contributed by atoms with Crippen LogP contribution < -0.4 is 9.64 Å². The molecule has 0 radical (unpaired) electrons. The largest absolute Gasteiger partial charge is 0.484 e. The van der Waals surface area contributed by atoms with Gasteiger partial charge in [0.15, 0.2) is 12.4 Å². The Morgan fingerprint density at radius 2 is 1.65 bits per heavy atom. The molecule has 7 nitrogen and oxygen atoms in total. The predicted molar refractivity (Wildman–Crippen MR) is 111 cm³/mol. The Bertz CT molecular complexity index is 1160. The number of fused-ring (bicyclic) bond motifs is 1. The highest BCUT2D eigenvalue weighted by Crippen LogP contribution is 2.31. The summed E-state index contributed by atoms with van der Waals surface area (Å²) in [6.07, 6.45) is 0.545. The number of carbonyl (C=O) groups is 2. The van der Waals surface area contributed by atoms with Crippen molar-refractivity contribution in [3.63, 3.8) is 0 Å². The molecule has 31 heavy (non-hydrogen) atoms. The molecule has 0 atom stereocenters. The number of benzene rings is 3. The molecule has 0 spiro atoms. The van der Waals surface area contributed by atoms with Crippen LogP contribution in [0.5, 0.6) is 5.75 Å². The number of rotatable bonds is 6. The van der Waals surface area contributed by atoms with Crippen LogP contribution in [0.3, 0.4) is 0 Å². The van der Waals surface area contributed by atoms with Gasteiger partial charge in [-0.3, -0.25) is 19.7 Å². The number of non-ortho nitro benzene ring substituents is 1. The minimum absolute atomic E-state index is 0.000395. The number of carbonyl (C=O) groups excluding carboxylic acids is 2. The maximum atomic E-state index is 13.0. The van der Waals surface area contributed by atoms with Crippen molar-refractivity contribution in [3.05, 3.63) is 99.4 Å². The fraction of sp³-hybridized carbons (Fsp3) is 0.130. The zero-order valence-electron chi connectivity index (χ0n) is 16.3. The lowest BCUT2D eigenvalue weighted by atomic mass is 10.0. The smallest absolute Gasteiger partial charge is 0.269 e. The molecule has 0 fully saturated rings. The van der Waals surface area contributed by atoms with Gasteiger partial charge < -0.3 is 9.64 Å². The molecule has 4 rings (SSSR count). The van der Waals surface area contributed by atoms with Gasteiger partial charge in [0, 0.05) is 35.5 Å². The minimum Gasteiger partial charge on any atom is -0.484 e. The Kier molecular flexibility index (Phi) is 5.44. The molecule has 0 bridgehead atoms. The lowest BCUT2D eigenvalue weighted by Gasteiger charge is -2.17. The monoisotopic (exact) mass is 420 g/mol. The van der Waals surface area contributed by atoms with Gasteiger partial charge in [-0.1, -0.05) is 0 Å². The SMILES string of the molecule is O=C(c1ccc(F)cc1)c1ccc(OCC(=O)N2CCc3cc([N+](=O)[O-])ccc32)cc1. The van der Waals surface area contributed by atoms with Crippen LogP contribution in [0.15, 0.2) is 66.7 Å². The molecule has 1 aliphatic rings. The highest BCUT2D eigenvalue weighted by Gasteiger charge is 2.26. The van der Waals surface area contributed by atoms with Crippen LogP contribution in [-0.2, 0) is 11.2 Å². The Balaban J connectivity index is 1.38. The number of nitro groups is 1. The van der Waals surface area contributed by atoms with Crippen LogP contribution >= 0.6 is 0 Å². The number of ether oxygens (including phenoxy) is 1. The molecule has 156 valence electrons. The van der Waals surface area contributed by atoms with Gasteiger partial charge in [0.2, 0.25) is 0 Å². The first-order chi connectivity index (χ1) is 14.9. The zero-order valence-corrected chi connectivity index (χ0v) is 16.3. The van der Waals surface area contributed by atoms with E-state index in [1.807, 2.05) is 0 Å². The Hall–Kier alpha value is -4.07. The number of amides is 1. The van der Waals surface area contributed by atoms with Gasteiger partial charge >= 0.3 is 0 Å². The number of nitro benzene ring substituents is 1. The molecule has 1 heterocycles. The van der Waals surface area contributed by atoms with Crippen molar-refractivity contribution in [3.8, 4) is 5.75 Å². The first kappa shape index (κ1) is 20.2. The second kappa shape index (κ2) is 8.35. The van der Waals surface area contributed by atoms with Crippen molar-refractivity contribution < 1.29 is 23.6 Å². The standard InChI is InChI=1S/C23H17FN2O5/c24-18-5-1-15(2-6-18)23(28)16-3-8-20(9-4-16)31-14-22(27)25-12-11-17-13-19(26(29)30)7-10-21(17)25/h1-10,13H,11-12,14H2. The summed E-state index contributed by atoms with van der Waals surface area (Å²) in [5, 5.41) is 10.9. The molecule has 3 aromatic rings. The predicted octanol–water partition coefficient (Wildman–Crippen LogP) is 3.93. The maximum Gasteiger partial charge on any atom is 0.269 e. The fourth-order valence-electron chi connectivity index (χ4n) is 3.45. The van der Waals surface area contributed by atoms with Gasteiger partial charge in [0.1, 0.15) is 11.6 Å². The second-order valence-electron chi connectivity index (χ2n) is 7.01. The third kappa shape index (κ3) is 4.28. The molecule has 0 N–H and O–H groups in total. The Morgan fingerprint density at radius 3 is 2.29 bits per heavy atom. The van der Waals surface area contributed by atoms with Crippen molar-refractivity contribution >= 4 is 23.1 Å². The molecule has 3 aromatic carbocycles. The normalized spacial score (nSPS) is 12.4. The number of nitrogens with zero attached hydrogens (tertiary/aromatic N) is 2. The van der Waals surface area contributed by atoms with E-state index in [9.17, 15) is 24.1 Å². The molecular weight excluding hydrogens is 403 g/mol. The van der Waals surface area contributed by atoms with Crippen LogP contribution in [0, 0.1) is 15.9 Å². The minimum atomic E-state index is -0.460. The van der Waals surface area contributed by atoms with Crippen LogP contribution in [0.4, 0.5) is 15.8 Å². The average molecular weight is 420 g/mol. The molecule has 0 aromatic heterocycles. The first-order valence-electron chi connectivity index (χ1n) is 9.53. The first-order valence-corrected chi connectivity index (χ1v) is 9.53. The van der Waals surface area contributed by atoms with E-state index in [0.717, 1.165) is 5.56 Å². The summed E-state index contributed by atoms with van der Waals surface area (Å²) in [4.78, 5) is 37.0. The van der Waals surface area contributed by atoms with E-state index in [2.05, 4.69) is 0 Å². The van der Waals surface area contributed by atoms with Gasteiger partial charge in [-0.25, -0.2) is 4.39 Å². The molecule has 0 saturated heterocycles. The van der Waals surface area contributed by atoms with Crippen molar-refractivity contribution in [2.75, 3.05) is 18.1 Å². The number of hydrogen-bond acceptors (Lipinski definition) is 5. The van der Waals surface area contributed by atoms with Gasteiger partial charge in [-0.2, -0.15) is 0 Å². The maximum absolute atomic E-state index is 13.0. The number of hydrogen-bond donors (Lipinski definition) is 0. The van der Waals surface area contributed by atoms with Crippen LogP contribution in [-0.4, -0.2) is 29.8 Å². The van der Waals surface area contributed by atoms with Crippen LogP contribution in [0.2, 0.25) is 0 Å². The van der Waals surface area contributed by atoms with Crippen LogP contribution in [0.25, 0.3) is 0 Å². The van der Waals surface area contributed by atoms with Crippen LogP contribution in [0.1, 0.15) is 21.5 Å². The third-order valence-corrected chi connectivity index (χ3v) is 5.06. The zero-order chi connectivity index (χ0) is 22.0. The quantitative estimate of drug-likeness (QED) is 0.342. The third-order valence-electron chi connectivity index (χ3n) is 5.06. The van der Waals surface area contributed by atoms with Crippen molar-refractivity contribution in [1.29, 1.82) is 0 Å². The topological polar surface area (TPSA) is 89.8 Å². The molecule has 1 amide bonds. The summed E-state index contributed by atoms with van der Waals surface area (Å²) in [6, 6.07) is 16.1. The molecular formula is C23H17FN2O5. The van der Waals surface area contributed by atoms with Gasteiger partial charge in [-0.15, -0.1) is 0 Å². The fourth-order valence-corrected chi connectivity index (χ4v) is 3.45. The molecule has 0 aliphatic carbocycles. The highest BCUT2D eigenvalue weighted by atomic mass is 19.1. The second-order valence-corrected chi connectivity index (χ2v) is 7.01. The highest BCUT2D eigenvalue weighted by molar-refractivity contribution is 6.09. The summed E-state index contributed by atoms with van der Waals surface area (Å²) in [5.41, 5.74) is 2.20. The number of halogens is 1. The van der Waals surface area contributed by atoms with E-state index in [-0.39, 0.29) is 24.0 Å². The van der Waals surface area contributed by atoms with Gasteiger partial charge in [-0.05, 0) is 66.6 Å². The number of ketones is 1. The van der Waals surface area contributed by atoms with E-state index in [4.69, 9.17) is 4.74 Å². The Morgan fingerprint density at radius 1 is 1.00 bits per heavy atom. The van der Waals surface area contributed by atoms with Crippen molar-refractivity contribution in [2.24, 2.45) is 0 Å². The average Bonchev–Trinajstić information content (AvgIpc) is 3.21. The molecule has 1 aliphatic heterocycles. The van der Waals surface area contributed by atoms with E-state index in [1.165, 1.54) is 36.4 Å². The van der Waals surface area contributed by atoms with Crippen molar-refractivity contribution in [2.45, 2.75) is 6.42 Å². The van der Waals surface area contributed by atoms with E-state index >= 15 is 0 Å². The van der Waals surface area contributed by atoms with Crippen molar-refractivity contribution in [1.82, 2.24) is 0 Å². The molecule has 0 saturated carbocycles. The van der Waals surface area contributed by atoms with Gasteiger partial charge in [0.05, 0.1) is 4.92 Å². The summed E-state index contributed by atoms with van der Waals surface area (Å²) in [5.74, 6) is -0.500. The lowest BCUT2D eigenvalue weighted by Crippen LogP contribution is -2.33. The van der Waals surface area contributed by atoms with E-state index in [0.29, 0.717) is 35.5 Å². The number of anilines is 1. The van der Waals surface area contributed by atoms with E-state index in [1.54, 1.807) is 35.2 Å². The summed E-state index contributed by atoms with van der Waals surface area (Å²) in [6.45, 7) is 0.228. The van der Waals surface area contributed by atoms with E-state index < -0.39 is 10.7 Å².